The molecule has 1 heterocycles. The molecule has 126 valence electrons. The van der Waals surface area contributed by atoms with Crippen LogP contribution in [-0.2, 0) is 6.54 Å². The minimum atomic E-state index is -1.05. The number of pyridine rings is 1. The number of hydrogen-bond acceptors (Lipinski definition) is 3. The first-order valence-corrected chi connectivity index (χ1v) is 7.61. The smallest absolute Gasteiger partial charge is 0.255 e. The second-order valence-electron chi connectivity index (χ2n) is 5.38. The summed E-state index contributed by atoms with van der Waals surface area (Å²) < 4.78 is 26.1. The molecule has 1 amide bonds. The van der Waals surface area contributed by atoms with Crippen LogP contribution in [-0.4, -0.2) is 10.9 Å². The molecular formula is C19H15F2N3O. The Balaban J connectivity index is 1.60. The van der Waals surface area contributed by atoms with Gasteiger partial charge in [0.2, 0.25) is 0 Å². The van der Waals surface area contributed by atoms with E-state index in [0.717, 1.165) is 23.4 Å². The first-order valence-electron chi connectivity index (χ1n) is 7.61. The summed E-state index contributed by atoms with van der Waals surface area (Å²) in [4.78, 5) is 16.1. The maximum Gasteiger partial charge on any atom is 0.255 e. The van der Waals surface area contributed by atoms with Gasteiger partial charge in [0.15, 0.2) is 11.6 Å². The molecule has 0 aliphatic carbocycles. The molecule has 0 saturated carbocycles. The summed E-state index contributed by atoms with van der Waals surface area (Å²) in [5.74, 6) is -2.54. The minimum absolute atomic E-state index is 0.0534. The molecule has 2 N–H and O–H groups in total. The van der Waals surface area contributed by atoms with Gasteiger partial charge in [-0.25, -0.2) is 8.78 Å². The van der Waals surface area contributed by atoms with E-state index in [4.69, 9.17) is 0 Å². The van der Waals surface area contributed by atoms with Crippen molar-refractivity contribution in [1.82, 2.24) is 4.98 Å². The number of aromatic nitrogens is 1. The van der Waals surface area contributed by atoms with E-state index in [1.54, 1.807) is 24.5 Å². The molecule has 0 bridgehead atoms. The molecule has 0 radical (unpaired) electrons. The molecule has 1 aromatic heterocycles. The lowest BCUT2D eigenvalue weighted by atomic mass is 10.2. The maximum atomic E-state index is 13.2. The molecule has 0 saturated heterocycles. The summed E-state index contributed by atoms with van der Waals surface area (Å²) in [6.45, 7) is 0.633. The second kappa shape index (κ2) is 7.53. The standard InChI is InChI=1S/C19H15F2N3O/c20-17-8-3-14(10-18(17)21)19(25)24-16-6-4-15(5-7-16)23-12-13-2-1-9-22-11-13/h1-11,23H,12H2,(H,24,25). The van der Waals surface area contributed by atoms with Gasteiger partial charge in [-0.3, -0.25) is 9.78 Å². The largest absolute Gasteiger partial charge is 0.381 e. The second-order valence-corrected chi connectivity index (χ2v) is 5.38. The quantitative estimate of drug-likeness (QED) is 0.732. The fourth-order valence-corrected chi connectivity index (χ4v) is 2.22. The molecule has 3 aromatic rings. The molecule has 4 nitrogen and oxygen atoms in total. The summed E-state index contributed by atoms with van der Waals surface area (Å²) in [5.41, 5.74) is 2.55. The highest BCUT2D eigenvalue weighted by Crippen LogP contribution is 2.16. The maximum absolute atomic E-state index is 13.2. The normalized spacial score (nSPS) is 10.3. The fraction of sp³-hybridized carbons (Fsp3) is 0.0526. The molecule has 2 aromatic carbocycles. The lowest BCUT2D eigenvalue weighted by molar-refractivity contribution is 0.102. The van der Waals surface area contributed by atoms with Crippen LogP contribution in [0, 0.1) is 11.6 Å². The van der Waals surface area contributed by atoms with Gasteiger partial charge in [0.25, 0.3) is 5.91 Å². The number of hydrogen-bond donors (Lipinski definition) is 2. The third-order valence-electron chi connectivity index (χ3n) is 3.54. The molecular weight excluding hydrogens is 324 g/mol. The van der Waals surface area contributed by atoms with Gasteiger partial charge in [0.05, 0.1) is 0 Å². The topological polar surface area (TPSA) is 54.0 Å². The minimum Gasteiger partial charge on any atom is -0.381 e. The highest BCUT2D eigenvalue weighted by Gasteiger charge is 2.10. The SMILES string of the molecule is O=C(Nc1ccc(NCc2cccnc2)cc1)c1ccc(F)c(F)c1. The van der Waals surface area contributed by atoms with Gasteiger partial charge in [0.1, 0.15) is 0 Å². The molecule has 0 aliphatic rings. The number of rotatable bonds is 5. The van der Waals surface area contributed by atoms with Crippen molar-refractivity contribution in [1.29, 1.82) is 0 Å². The lowest BCUT2D eigenvalue weighted by Crippen LogP contribution is -2.12. The van der Waals surface area contributed by atoms with E-state index >= 15 is 0 Å². The summed E-state index contributed by atoms with van der Waals surface area (Å²) in [7, 11) is 0. The summed E-state index contributed by atoms with van der Waals surface area (Å²) in [5, 5.41) is 5.88. The van der Waals surface area contributed by atoms with E-state index in [1.165, 1.54) is 6.07 Å². The Morgan fingerprint density at radius 3 is 2.40 bits per heavy atom. The van der Waals surface area contributed by atoms with Crippen molar-refractivity contribution in [2.24, 2.45) is 0 Å². The molecule has 6 heteroatoms. The zero-order valence-electron chi connectivity index (χ0n) is 13.2. The third-order valence-corrected chi connectivity index (χ3v) is 3.54. The van der Waals surface area contributed by atoms with Gasteiger partial charge in [-0.05, 0) is 54.1 Å². The Morgan fingerprint density at radius 1 is 0.960 bits per heavy atom. The van der Waals surface area contributed by atoms with Crippen LogP contribution in [0.1, 0.15) is 15.9 Å². The molecule has 0 aliphatic heterocycles. The van der Waals surface area contributed by atoms with E-state index in [1.807, 2.05) is 24.3 Å². The van der Waals surface area contributed by atoms with Crippen molar-refractivity contribution in [2.45, 2.75) is 6.54 Å². The molecule has 3 rings (SSSR count). The van der Waals surface area contributed by atoms with E-state index in [0.29, 0.717) is 12.2 Å². The Bertz CT molecular complexity index is 868. The van der Waals surface area contributed by atoms with Crippen LogP contribution in [0.25, 0.3) is 0 Å². The highest BCUT2D eigenvalue weighted by molar-refractivity contribution is 6.04. The number of halogens is 2. The van der Waals surface area contributed by atoms with Crippen LogP contribution in [0.3, 0.4) is 0 Å². The monoisotopic (exact) mass is 339 g/mol. The van der Waals surface area contributed by atoms with Crippen LogP contribution in [0.2, 0.25) is 0 Å². The number of anilines is 2. The fourth-order valence-electron chi connectivity index (χ4n) is 2.22. The number of amides is 1. The summed E-state index contributed by atoms with van der Waals surface area (Å²) in [6, 6.07) is 14.0. The average molecular weight is 339 g/mol. The molecule has 0 atom stereocenters. The van der Waals surface area contributed by atoms with E-state index in [2.05, 4.69) is 15.6 Å². The van der Waals surface area contributed by atoms with Gasteiger partial charge in [-0.15, -0.1) is 0 Å². The van der Waals surface area contributed by atoms with Gasteiger partial charge in [-0.2, -0.15) is 0 Å². The summed E-state index contributed by atoms with van der Waals surface area (Å²) >= 11 is 0. The van der Waals surface area contributed by atoms with Crippen LogP contribution in [0.4, 0.5) is 20.2 Å². The van der Waals surface area contributed by atoms with Crippen molar-refractivity contribution >= 4 is 17.3 Å². The van der Waals surface area contributed by atoms with Crippen molar-refractivity contribution < 1.29 is 13.6 Å². The van der Waals surface area contributed by atoms with E-state index in [-0.39, 0.29) is 5.56 Å². The van der Waals surface area contributed by atoms with Crippen LogP contribution < -0.4 is 10.6 Å². The van der Waals surface area contributed by atoms with Gasteiger partial charge in [0, 0.05) is 35.9 Å². The molecule has 0 unspecified atom stereocenters. The molecule has 0 fully saturated rings. The number of benzene rings is 2. The number of nitrogens with zero attached hydrogens (tertiary/aromatic N) is 1. The highest BCUT2D eigenvalue weighted by atomic mass is 19.2. The van der Waals surface area contributed by atoms with Crippen LogP contribution >= 0.6 is 0 Å². The Hall–Kier alpha value is -3.28. The van der Waals surface area contributed by atoms with Crippen LogP contribution in [0.5, 0.6) is 0 Å². The Morgan fingerprint density at radius 2 is 1.72 bits per heavy atom. The van der Waals surface area contributed by atoms with Gasteiger partial charge < -0.3 is 10.6 Å². The van der Waals surface area contributed by atoms with Crippen molar-refractivity contribution in [3.8, 4) is 0 Å². The van der Waals surface area contributed by atoms with E-state index < -0.39 is 17.5 Å². The molecule has 0 spiro atoms. The zero-order chi connectivity index (χ0) is 17.6. The average Bonchev–Trinajstić information content (AvgIpc) is 2.64. The molecule has 25 heavy (non-hydrogen) atoms. The summed E-state index contributed by atoms with van der Waals surface area (Å²) in [6.07, 6.45) is 3.50. The predicted octanol–water partition coefficient (Wildman–Crippen LogP) is 4.22. The van der Waals surface area contributed by atoms with Crippen LogP contribution in [0.15, 0.2) is 67.0 Å². The van der Waals surface area contributed by atoms with Crippen molar-refractivity contribution in [3.05, 3.63) is 89.8 Å². The number of carbonyl (C=O) groups is 1. The van der Waals surface area contributed by atoms with Crippen molar-refractivity contribution in [3.63, 3.8) is 0 Å². The number of nitrogens with one attached hydrogen (secondary N) is 2. The van der Waals surface area contributed by atoms with Crippen molar-refractivity contribution in [2.75, 3.05) is 10.6 Å². The lowest BCUT2D eigenvalue weighted by Gasteiger charge is -2.09. The third kappa shape index (κ3) is 4.38. The number of carbonyl (C=O) groups excluding carboxylic acids is 1. The van der Waals surface area contributed by atoms with Gasteiger partial charge in [-0.1, -0.05) is 6.07 Å². The van der Waals surface area contributed by atoms with E-state index in [9.17, 15) is 13.6 Å². The first kappa shape index (κ1) is 16.6. The predicted molar refractivity (Wildman–Crippen MR) is 92.3 cm³/mol. The van der Waals surface area contributed by atoms with Gasteiger partial charge >= 0.3 is 0 Å². The Labute approximate surface area is 143 Å². The zero-order valence-corrected chi connectivity index (χ0v) is 13.2. The first-order chi connectivity index (χ1) is 12.1. The Kier molecular flexibility index (Phi) is 4.99.